The highest BCUT2D eigenvalue weighted by atomic mass is 16.5. The van der Waals surface area contributed by atoms with Crippen molar-refractivity contribution < 1.29 is 14.3 Å². The van der Waals surface area contributed by atoms with E-state index >= 15 is 0 Å². The van der Waals surface area contributed by atoms with E-state index in [0.717, 1.165) is 30.8 Å². The number of benzene rings is 1. The number of esters is 1. The molecule has 1 aliphatic heterocycles. The van der Waals surface area contributed by atoms with Crippen LogP contribution in [-0.4, -0.2) is 25.2 Å². The van der Waals surface area contributed by atoms with Crippen molar-refractivity contribution in [2.75, 3.05) is 19.0 Å². The highest BCUT2D eigenvalue weighted by Crippen LogP contribution is 2.45. The fraction of sp³-hybridized carbons (Fsp3) is 0.417. The smallest absolute Gasteiger partial charge is 0.337 e. The topological polar surface area (TPSA) is 47.6 Å². The molecule has 1 aromatic carbocycles. The molecule has 1 aromatic rings. The number of carbonyl (C=O) groups is 1. The largest absolute Gasteiger partial charge is 0.483 e. The van der Waals surface area contributed by atoms with E-state index < -0.39 is 0 Å². The first-order valence-corrected chi connectivity index (χ1v) is 5.38. The Bertz CT molecular complexity index is 452. The zero-order chi connectivity index (χ0) is 11.2. The molecule has 1 N–H and O–H groups in total. The van der Waals surface area contributed by atoms with Gasteiger partial charge >= 0.3 is 5.97 Å². The van der Waals surface area contributed by atoms with E-state index in [2.05, 4.69) is 10.1 Å². The lowest BCUT2D eigenvalue weighted by atomic mass is 10.1. The van der Waals surface area contributed by atoms with Gasteiger partial charge < -0.3 is 14.8 Å². The predicted molar refractivity (Wildman–Crippen MR) is 58.9 cm³/mol. The molecule has 1 heterocycles. The molecular weight excluding hydrogens is 206 g/mol. The van der Waals surface area contributed by atoms with E-state index in [4.69, 9.17) is 4.74 Å². The fourth-order valence-corrected chi connectivity index (χ4v) is 1.95. The van der Waals surface area contributed by atoms with E-state index in [0.29, 0.717) is 5.56 Å². The van der Waals surface area contributed by atoms with Crippen LogP contribution >= 0.6 is 0 Å². The summed E-state index contributed by atoms with van der Waals surface area (Å²) in [4.78, 5) is 11.3. The van der Waals surface area contributed by atoms with E-state index in [9.17, 15) is 4.79 Å². The Balaban J connectivity index is 1.91. The van der Waals surface area contributed by atoms with Crippen molar-refractivity contribution in [1.29, 1.82) is 0 Å². The molecule has 84 valence electrons. The van der Waals surface area contributed by atoms with Crippen molar-refractivity contribution in [1.82, 2.24) is 0 Å². The van der Waals surface area contributed by atoms with Crippen LogP contribution in [0.25, 0.3) is 0 Å². The van der Waals surface area contributed by atoms with Gasteiger partial charge in [-0.3, -0.25) is 0 Å². The SMILES string of the molecule is COC(=O)c1ccc2c(c1)NCC1(CC1)O2. The van der Waals surface area contributed by atoms with Crippen molar-refractivity contribution in [3.8, 4) is 5.75 Å². The molecule has 1 aliphatic carbocycles. The van der Waals surface area contributed by atoms with E-state index in [1.54, 1.807) is 12.1 Å². The van der Waals surface area contributed by atoms with Crippen molar-refractivity contribution in [3.63, 3.8) is 0 Å². The minimum atomic E-state index is -0.323. The van der Waals surface area contributed by atoms with Crippen LogP contribution in [-0.2, 0) is 4.74 Å². The molecular formula is C12H13NO3. The summed E-state index contributed by atoms with van der Waals surface area (Å²) in [5.74, 6) is 0.507. The standard InChI is InChI=1S/C12H13NO3/c1-15-11(14)8-2-3-10-9(6-8)13-7-12(16-10)4-5-12/h2-3,6,13H,4-5,7H2,1H3. The third-order valence-electron chi connectivity index (χ3n) is 3.14. The molecule has 1 fully saturated rings. The second-order valence-corrected chi connectivity index (χ2v) is 4.34. The molecule has 0 unspecified atom stereocenters. The average molecular weight is 219 g/mol. The first-order valence-electron chi connectivity index (χ1n) is 5.38. The predicted octanol–water partition coefficient (Wildman–Crippen LogP) is 1.81. The quantitative estimate of drug-likeness (QED) is 0.732. The number of hydrogen-bond donors (Lipinski definition) is 1. The number of rotatable bonds is 1. The summed E-state index contributed by atoms with van der Waals surface area (Å²) in [5, 5.41) is 3.30. The highest BCUT2D eigenvalue weighted by molar-refractivity contribution is 5.91. The summed E-state index contributed by atoms with van der Waals surface area (Å²) in [6.07, 6.45) is 2.22. The molecule has 0 saturated heterocycles. The summed E-state index contributed by atoms with van der Waals surface area (Å²) >= 11 is 0. The molecule has 1 spiro atoms. The van der Waals surface area contributed by atoms with Gasteiger partial charge in [-0.15, -0.1) is 0 Å². The van der Waals surface area contributed by atoms with Gasteiger partial charge in [-0.25, -0.2) is 4.79 Å². The molecule has 0 amide bonds. The van der Waals surface area contributed by atoms with Crippen molar-refractivity contribution in [2.45, 2.75) is 18.4 Å². The van der Waals surface area contributed by atoms with Crippen LogP contribution in [0.2, 0.25) is 0 Å². The van der Waals surface area contributed by atoms with Gasteiger partial charge in [-0.2, -0.15) is 0 Å². The Morgan fingerprint density at radius 1 is 1.50 bits per heavy atom. The fourth-order valence-electron chi connectivity index (χ4n) is 1.95. The molecule has 0 radical (unpaired) electrons. The zero-order valence-corrected chi connectivity index (χ0v) is 9.08. The number of ether oxygens (including phenoxy) is 2. The maximum atomic E-state index is 11.3. The zero-order valence-electron chi connectivity index (χ0n) is 9.08. The molecule has 0 bridgehead atoms. The van der Waals surface area contributed by atoms with Crippen LogP contribution in [0, 0.1) is 0 Å². The molecule has 16 heavy (non-hydrogen) atoms. The Kier molecular flexibility index (Phi) is 1.87. The second kappa shape index (κ2) is 3.14. The summed E-state index contributed by atoms with van der Waals surface area (Å²) in [5.41, 5.74) is 1.45. The van der Waals surface area contributed by atoms with Gasteiger partial charge in [0.25, 0.3) is 0 Å². The van der Waals surface area contributed by atoms with Crippen molar-refractivity contribution in [3.05, 3.63) is 23.8 Å². The van der Waals surface area contributed by atoms with Gasteiger partial charge in [0, 0.05) is 0 Å². The summed E-state index contributed by atoms with van der Waals surface area (Å²) in [6, 6.07) is 5.33. The number of hydrogen-bond acceptors (Lipinski definition) is 4. The molecule has 3 rings (SSSR count). The van der Waals surface area contributed by atoms with Crippen LogP contribution in [0.3, 0.4) is 0 Å². The Morgan fingerprint density at radius 3 is 3.00 bits per heavy atom. The Hall–Kier alpha value is -1.71. The number of anilines is 1. The normalized spacial score (nSPS) is 19.3. The third-order valence-corrected chi connectivity index (χ3v) is 3.14. The van der Waals surface area contributed by atoms with Gasteiger partial charge in [0.15, 0.2) is 0 Å². The lowest BCUT2D eigenvalue weighted by Crippen LogP contribution is -2.32. The van der Waals surface area contributed by atoms with E-state index in [1.807, 2.05) is 6.07 Å². The number of methoxy groups -OCH3 is 1. The molecule has 2 aliphatic rings. The summed E-state index contributed by atoms with van der Waals surface area (Å²) in [6.45, 7) is 0.824. The maximum Gasteiger partial charge on any atom is 0.337 e. The van der Waals surface area contributed by atoms with Gasteiger partial charge in [0.05, 0.1) is 24.9 Å². The van der Waals surface area contributed by atoms with Crippen molar-refractivity contribution in [2.24, 2.45) is 0 Å². The first kappa shape index (κ1) is 9.51. The number of nitrogens with one attached hydrogen (secondary N) is 1. The van der Waals surface area contributed by atoms with Crippen LogP contribution < -0.4 is 10.1 Å². The summed E-state index contributed by atoms with van der Waals surface area (Å²) in [7, 11) is 1.38. The molecule has 4 heteroatoms. The van der Waals surface area contributed by atoms with E-state index in [-0.39, 0.29) is 11.6 Å². The first-order chi connectivity index (χ1) is 7.72. The molecule has 4 nitrogen and oxygen atoms in total. The van der Waals surface area contributed by atoms with Gasteiger partial charge in [-0.05, 0) is 31.0 Å². The molecule has 0 aromatic heterocycles. The van der Waals surface area contributed by atoms with Crippen molar-refractivity contribution >= 4 is 11.7 Å². The van der Waals surface area contributed by atoms with E-state index in [1.165, 1.54) is 7.11 Å². The summed E-state index contributed by atoms with van der Waals surface area (Å²) < 4.78 is 10.6. The van der Waals surface area contributed by atoms with Crippen LogP contribution in [0.4, 0.5) is 5.69 Å². The minimum absolute atomic E-state index is 0.0276. The Morgan fingerprint density at radius 2 is 2.31 bits per heavy atom. The lowest BCUT2D eigenvalue weighted by Gasteiger charge is -2.27. The number of carbonyl (C=O) groups excluding carboxylic acids is 1. The van der Waals surface area contributed by atoms with Gasteiger partial charge in [0.2, 0.25) is 0 Å². The van der Waals surface area contributed by atoms with Crippen LogP contribution in [0.15, 0.2) is 18.2 Å². The molecule has 1 saturated carbocycles. The highest BCUT2D eigenvalue weighted by Gasteiger charge is 2.47. The third kappa shape index (κ3) is 1.41. The van der Waals surface area contributed by atoms with Gasteiger partial charge in [-0.1, -0.05) is 0 Å². The number of fused-ring (bicyclic) bond motifs is 1. The minimum Gasteiger partial charge on any atom is -0.483 e. The maximum absolute atomic E-state index is 11.3. The monoisotopic (exact) mass is 219 g/mol. The second-order valence-electron chi connectivity index (χ2n) is 4.34. The Labute approximate surface area is 93.5 Å². The van der Waals surface area contributed by atoms with Gasteiger partial charge in [0.1, 0.15) is 11.4 Å². The lowest BCUT2D eigenvalue weighted by molar-refractivity contribution is 0.0600. The average Bonchev–Trinajstić information content (AvgIpc) is 3.07. The van der Waals surface area contributed by atoms with Crippen LogP contribution in [0.5, 0.6) is 5.75 Å². The van der Waals surface area contributed by atoms with Crippen LogP contribution in [0.1, 0.15) is 23.2 Å². The molecule has 0 atom stereocenters.